The van der Waals surface area contributed by atoms with Crippen molar-refractivity contribution < 1.29 is 9.53 Å². The standard InChI is InChI=1S/C16H15N3O2/c1-2-21-16(20)15-13-5-3-4-6-14(13)19(18-15)11-12-7-9-17-10-8-12/h3-10H,2,11H2,1H3. The Bertz CT molecular complexity index is 766. The maximum atomic E-state index is 12.0. The molecule has 0 N–H and O–H groups in total. The number of fused-ring (bicyclic) bond motifs is 1. The van der Waals surface area contributed by atoms with E-state index in [9.17, 15) is 4.79 Å². The van der Waals surface area contributed by atoms with Crippen LogP contribution in [0.1, 0.15) is 23.0 Å². The van der Waals surface area contributed by atoms with Crippen LogP contribution in [0, 0.1) is 0 Å². The predicted octanol–water partition coefficient (Wildman–Crippen LogP) is 2.66. The summed E-state index contributed by atoms with van der Waals surface area (Å²) in [4.78, 5) is 16.0. The lowest BCUT2D eigenvalue weighted by Gasteiger charge is -2.03. The molecule has 106 valence electrons. The van der Waals surface area contributed by atoms with E-state index in [4.69, 9.17) is 4.74 Å². The number of hydrogen-bond donors (Lipinski definition) is 0. The van der Waals surface area contributed by atoms with Crippen molar-refractivity contribution in [1.29, 1.82) is 0 Å². The van der Waals surface area contributed by atoms with Gasteiger partial charge in [0.25, 0.3) is 0 Å². The van der Waals surface area contributed by atoms with Crippen molar-refractivity contribution in [2.75, 3.05) is 6.61 Å². The van der Waals surface area contributed by atoms with E-state index in [1.54, 1.807) is 19.3 Å². The van der Waals surface area contributed by atoms with Gasteiger partial charge in [-0.1, -0.05) is 18.2 Å². The first-order chi connectivity index (χ1) is 10.3. The topological polar surface area (TPSA) is 57.0 Å². The second-order valence-electron chi connectivity index (χ2n) is 4.60. The summed E-state index contributed by atoms with van der Waals surface area (Å²) in [6.45, 7) is 2.71. The van der Waals surface area contributed by atoms with Gasteiger partial charge in [-0.2, -0.15) is 5.10 Å². The Hall–Kier alpha value is -2.69. The fourth-order valence-corrected chi connectivity index (χ4v) is 2.26. The largest absolute Gasteiger partial charge is 0.461 e. The maximum absolute atomic E-state index is 12.0. The van der Waals surface area contributed by atoms with Crippen molar-refractivity contribution in [2.45, 2.75) is 13.5 Å². The molecule has 0 saturated heterocycles. The van der Waals surface area contributed by atoms with E-state index in [-0.39, 0.29) is 5.97 Å². The summed E-state index contributed by atoms with van der Waals surface area (Å²) in [6.07, 6.45) is 3.49. The third-order valence-corrected chi connectivity index (χ3v) is 3.21. The molecule has 0 spiro atoms. The lowest BCUT2D eigenvalue weighted by Crippen LogP contribution is -2.08. The second-order valence-corrected chi connectivity index (χ2v) is 4.60. The van der Waals surface area contributed by atoms with E-state index < -0.39 is 0 Å². The number of ether oxygens (including phenoxy) is 1. The second kappa shape index (κ2) is 5.75. The van der Waals surface area contributed by atoms with Gasteiger partial charge in [0.1, 0.15) is 0 Å². The van der Waals surface area contributed by atoms with Crippen molar-refractivity contribution in [2.24, 2.45) is 0 Å². The molecule has 0 aliphatic rings. The third-order valence-electron chi connectivity index (χ3n) is 3.21. The molecular weight excluding hydrogens is 266 g/mol. The molecule has 2 heterocycles. The van der Waals surface area contributed by atoms with Crippen LogP contribution in [0.3, 0.4) is 0 Å². The number of esters is 1. The number of rotatable bonds is 4. The molecule has 2 aromatic heterocycles. The maximum Gasteiger partial charge on any atom is 0.359 e. The number of nitrogens with zero attached hydrogens (tertiary/aromatic N) is 3. The van der Waals surface area contributed by atoms with Gasteiger partial charge in [0.2, 0.25) is 0 Å². The lowest BCUT2D eigenvalue weighted by atomic mass is 10.2. The first-order valence-corrected chi connectivity index (χ1v) is 6.81. The van der Waals surface area contributed by atoms with E-state index in [2.05, 4.69) is 10.1 Å². The summed E-state index contributed by atoms with van der Waals surface area (Å²) in [5.41, 5.74) is 2.35. The Morgan fingerprint density at radius 2 is 1.95 bits per heavy atom. The number of benzene rings is 1. The molecule has 3 rings (SSSR count). The molecule has 5 nitrogen and oxygen atoms in total. The fourth-order valence-electron chi connectivity index (χ4n) is 2.26. The molecule has 0 aliphatic carbocycles. The SMILES string of the molecule is CCOC(=O)c1nn(Cc2ccncc2)c2ccccc12. The van der Waals surface area contributed by atoms with Crippen LogP contribution in [-0.4, -0.2) is 27.3 Å². The quantitative estimate of drug-likeness (QED) is 0.690. The number of carbonyl (C=O) groups is 1. The Labute approximate surface area is 122 Å². The minimum Gasteiger partial charge on any atom is -0.461 e. The van der Waals surface area contributed by atoms with Crippen LogP contribution >= 0.6 is 0 Å². The van der Waals surface area contributed by atoms with Crippen LogP contribution in [0.5, 0.6) is 0 Å². The normalized spacial score (nSPS) is 10.7. The molecule has 5 heteroatoms. The highest BCUT2D eigenvalue weighted by Gasteiger charge is 2.17. The lowest BCUT2D eigenvalue weighted by molar-refractivity contribution is 0.0520. The third kappa shape index (κ3) is 2.63. The summed E-state index contributed by atoms with van der Waals surface area (Å²) in [6, 6.07) is 11.5. The molecule has 1 aromatic carbocycles. The van der Waals surface area contributed by atoms with Gasteiger partial charge >= 0.3 is 5.97 Å². The van der Waals surface area contributed by atoms with Gasteiger partial charge in [-0.05, 0) is 30.7 Å². The molecule has 3 aromatic rings. The number of hydrogen-bond acceptors (Lipinski definition) is 4. The van der Waals surface area contributed by atoms with E-state index in [1.165, 1.54) is 0 Å². The molecule has 0 aliphatic heterocycles. The molecule has 21 heavy (non-hydrogen) atoms. The molecule has 0 saturated carbocycles. The molecule has 0 radical (unpaired) electrons. The van der Waals surface area contributed by atoms with Gasteiger partial charge in [0.05, 0.1) is 18.7 Å². The zero-order valence-corrected chi connectivity index (χ0v) is 11.7. The average molecular weight is 281 g/mol. The number of aromatic nitrogens is 3. The highest BCUT2D eigenvalue weighted by Crippen LogP contribution is 2.20. The Morgan fingerprint density at radius 3 is 2.71 bits per heavy atom. The number of para-hydroxylation sites is 1. The van der Waals surface area contributed by atoms with Gasteiger partial charge in [-0.15, -0.1) is 0 Å². The van der Waals surface area contributed by atoms with Gasteiger partial charge in [0.15, 0.2) is 5.69 Å². The summed E-state index contributed by atoms with van der Waals surface area (Å²) in [7, 11) is 0. The fraction of sp³-hybridized carbons (Fsp3) is 0.188. The van der Waals surface area contributed by atoms with Gasteiger partial charge in [-0.3, -0.25) is 9.67 Å². The van der Waals surface area contributed by atoms with Crippen LogP contribution in [0.15, 0.2) is 48.8 Å². The minimum absolute atomic E-state index is 0.338. The minimum atomic E-state index is -0.387. The first kappa shape index (κ1) is 13.3. The first-order valence-electron chi connectivity index (χ1n) is 6.81. The summed E-state index contributed by atoms with van der Waals surface area (Å²) in [5.74, 6) is -0.387. The van der Waals surface area contributed by atoms with Crippen molar-refractivity contribution in [3.8, 4) is 0 Å². The molecule has 0 unspecified atom stereocenters. The van der Waals surface area contributed by atoms with Crippen molar-refractivity contribution >= 4 is 16.9 Å². The van der Waals surface area contributed by atoms with E-state index in [1.807, 2.05) is 41.1 Å². The van der Waals surface area contributed by atoms with Crippen LogP contribution in [0.25, 0.3) is 10.9 Å². The van der Waals surface area contributed by atoms with Crippen molar-refractivity contribution in [3.05, 3.63) is 60.0 Å². The Kier molecular flexibility index (Phi) is 3.64. The van der Waals surface area contributed by atoms with Crippen molar-refractivity contribution in [1.82, 2.24) is 14.8 Å². The zero-order chi connectivity index (χ0) is 14.7. The molecule has 0 atom stereocenters. The van der Waals surface area contributed by atoms with Crippen LogP contribution < -0.4 is 0 Å². The summed E-state index contributed by atoms with van der Waals surface area (Å²) in [5, 5.41) is 5.24. The summed E-state index contributed by atoms with van der Waals surface area (Å²) >= 11 is 0. The van der Waals surface area contributed by atoms with Crippen LogP contribution in [-0.2, 0) is 11.3 Å². The van der Waals surface area contributed by atoms with Crippen LogP contribution in [0.4, 0.5) is 0 Å². The van der Waals surface area contributed by atoms with Crippen molar-refractivity contribution in [3.63, 3.8) is 0 Å². The number of carbonyl (C=O) groups excluding carboxylic acids is 1. The zero-order valence-electron chi connectivity index (χ0n) is 11.7. The van der Waals surface area contributed by atoms with Gasteiger partial charge < -0.3 is 4.74 Å². The highest BCUT2D eigenvalue weighted by atomic mass is 16.5. The highest BCUT2D eigenvalue weighted by molar-refractivity contribution is 6.02. The average Bonchev–Trinajstić information content (AvgIpc) is 2.88. The predicted molar refractivity (Wildman–Crippen MR) is 79.0 cm³/mol. The Balaban J connectivity index is 2.05. The monoisotopic (exact) mass is 281 g/mol. The molecule has 0 bridgehead atoms. The van der Waals surface area contributed by atoms with E-state index in [0.717, 1.165) is 16.5 Å². The molecule has 0 amide bonds. The number of pyridine rings is 1. The molecular formula is C16H15N3O2. The van der Waals surface area contributed by atoms with Gasteiger partial charge in [0, 0.05) is 17.8 Å². The molecule has 0 fully saturated rings. The smallest absolute Gasteiger partial charge is 0.359 e. The van der Waals surface area contributed by atoms with E-state index >= 15 is 0 Å². The van der Waals surface area contributed by atoms with Gasteiger partial charge in [-0.25, -0.2) is 4.79 Å². The summed E-state index contributed by atoms with van der Waals surface area (Å²) < 4.78 is 6.89. The van der Waals surface area contributed by atoms with E-state index in [0.29, 0.717) is 18.8 Å². The van der Waals surface area contributed by atoms with Crippen LogP contribution in [0.2, 0.25) is 0 Å². The Morgan fingerprint density at radius 1 is 1.19 bits per heavy atom.